The van der Waals surface area contributed by atoms with Crippen LogP contribution in [-0.2, 0) is 4.79 Å². The third kappa shape index (κ3) is 3.00. The van der Waals surface area contributed by atoms with E-state index in [1.165, 1.54) is 0 Å². The molecule has 0 radical (unpaired) electrons. The van der Waals surface area contributed by atoms with Crippen LogP contribution in [0.1, 0.15) is 24.2 Å². The summed E-state index contributed by atoms with van der Waals surface area (Å²) in [6, 6.07) is 11.9. The van der Waals surface area contributed by atoms with Crippen LogP contribution in [0.15, 0.2) is 42.5 Å². The quantitative estimate of drug-likeness (QED) is 0.882. The Bertz CT molecular complexity index is 802. The number of hydrogen-bond acceptors (Lipinski definition) is 3. The maximum Gasteiger partial charge on any atom is 0.268 e. The lowest BCUT2D eigenvalue weighted by atomic mass is 10.1. The van der Waals surface area contributed by atoms with Gasteiger partial charge in [0.25, 0.3) is 11.8 Å². The van der Waals surface area contributed by atoms with Crippen molar-refractivity contribution in [2.24, 2.45) is 0 Å². The summed E-state index contributed by atoms with van der Waals surface area (Å²) >= 11 is 6.01. The molecule has 0 atom stereocenters. The van der Waals surface area contributed by atoms with Crippen LogP contribution in [0, 0.1) is 0 Å². The number of hydrogen-bond donors (Lipinski definition) is 2. The molecule has 0 bridgehead atoms. The van der Waals surface area contributed by atoms with Gasteiger partial charge in [0.1, 0.15) is 5.75 Å². The third-order valence-corrected chi connectivity index (χ3v) is 3.85. The van der Waals surface area contributed by atoms with E-state index >= 15 is 0 Å². The molecule has 0 fully saturated rings. The summed E-state index contributed by atoms with van der Waals surface area (Å²) in [7, 11) is 0. The second kappa shape index (κ2) is 5.59. The lowest BCUT2D eigenvalue weighted by Gasteiger charge is -2.31. The van der Waals surface area contributed by atoms with E-state index < -0.39 is 5.60 Å². The molecule has 0 aliphatic carbocycles. The van der Waals surface area contributed by atoms with Gasteiger partial charge < -0.3 is 15.4 Å². The van der Waals surface area contributed by atoms with Gasteiger partial charge in [0.05, 0.1) is 16.3 Å². The number of nitrogens with one attached hydrogen (secondary N) is 2. The SMILES string of the molecule is CC1(C)Oc2ccc(NC(=O)c3ccccc3Cl)cc2NC1=O. The van der Waals surface area contributed by atoms with Crippen molar-refractivity contribution in [2.45, 2.75) is 19.4 Å². The van der Waals surface area contributed by atoms with Crippen LogP contribution in [0.2, 0.25) is 5.02 Å². The molecule has 1 heterocycles. The molecular formula is C17H15ClN2O3. The van der Waals surface area contributed by atoms with Crippen molar-refractivity contribution in [2.75, 3.05) is 10.6 Å². The van der Waals surface area contributed by atoms with Crippen molar-refractivity contribution < 1.29 is 14.3 Å². The Labute approximate surface area is 138 Å². The summed E-state index contributed by atoms with van der Waals surface area (Å²) in [4.78, 5) is 24.2. The Hall–Kier alpha value is -2.53. The van der Waals surface area contributed by atoms with Gasteiger partial charge in [0.15, 0.2) is 5.60 Å². The molecule has 0 spiro atoms. The monoisotopic (exact) mass is 330 g/mol. The smallest absolute Gasteiger partial charge is 0.268 e. The topological polar surface area (TPSA) is 67.4 Å². The number of amides is 2. The van der Waals surface area contributed by atoms with Gasteiger partial charge >= 0.3 is 0 Å². The average molecular weight is 331 g/mol. The molecule has 2 N–H and O–H groups in total. The van der Waals surface area contributed by atoms with Crippen LogP contribution in [-0.4, -0.2) is 17.4 Å². The van der Waals surface area contributed by atoms with Crippen molar-refractivity contribution in [1.29, 1.82) is 0 Å². The number of rotatable bonds is 2. The fourth-order valence-electron chi connectivity index (χ4n) is 2.23. The van der Waals surface area contributed by atoms with E-state index in [4.69, 9.17) is 16.3 Å². The highest BCUT2D eigenvalue weighted by Crippen LogP contribution is 2.35. The Morgan fingerprint density at radius 1 is 1.22 bits per heavy atom. The maximum atomic E-state index is 12.3. The molecule has 0 saturated carbocycles. The summed E-state index contributed by atoms with van der Waals surface area (Å²) in [5, 5.41) is 5.90. The molecule has 2 aromatic rings. The summed E-state index contributed by atoms with van der Waals surface area (Å²) in [6.45, 7) is 3.39. The highest BCUT2D eigenvalue weighted by molar-refractivity contribution is 6.34. The molecule has 1 aliphatic heterocycles. The molecule has 118 valence electrons. The minimum atomic E-state index is -0.921. The van der Waals surface area contributed by atoms with E-state index in [0.29, 0.717) is 27.7 Å². The van der Waals surface area contributed by atoms with Crippen molar-refractivity contribution in [3.63, 3.8) is 0 Å². The van der Waals surface area contributed by atoms with E-state index in [9.17, 15) is 9.59 Å². The molecule has 23 heavy (non-hydrogen) atoms. The normalized spacial score (nSPS) is 15.2. The van der Waals surface area contributed by atoms with Crippen LogP contribution in [0.25, 0.3) is 0 Å². The molecule has 0 saturated heterocycles. The van der Waals surface area contributed by atoms with Crippen LogP contribution in [0.4, 0.5) is 11.4 Å². The van der Waals surface area contributed by atoms with E-state index in [1.807, 2.05) is 0 Å². The maximum absolute atomic E-state index is 12.3. The fraction of sp³-hybridized carbons (Fsp3) is 0.176. The van der Waals surface area contributed by atoms with Crippen LogP contribution in [0.5, 0.6) is 5.75 Å². The number of halogens is 1. The van der Waals surface area contributed by atoms with Gasteiger partial charge in [0, 0.05) is 5.69 Å². The summed E-state index contributed by atoms with van der Waals surface area (Å²) in [5.74, 6) is 0.00357. The van der Waals surface area contributed by atoms with Gasteiger partial charge in [-0.3, -0.25) is 9.59 Å². The predicted molar refractivity (Wildman–Crippen MR) is 89.2 cm³/mol. The number of fused-ring (bicyclic) bond motifs is 1. The highest BCUT2D eigenvalue weighted by atomic mass is 35.5. The minimum Gasteiger partial charge on any atom is -0.476 e. The summed E-state index contributed by atoms with van der Waals surface area (Å²) in [5.41, 5.74) is 0.520. The first-order chi connectivity index (χ1) is 10.9. The van der Waals surface area contributed by atoms with Crippen LogP contribution < -0.4 is 15.4 Å². The average Bonchev–Trinajstić information content (AvgIpc) is 2.49. The summed E-state index contributed by atoms with van der Waals surface area (Å²) in [6.07, 6.45) is 0. The largest absolute Gasteiger partial charge is 0.476 e. The zero-order chi connectivity index (χ0) is 16.6. The third-order valence-electron chi connectivity index (χ3n) is 3.52. The molecule has 5 nitrogen and oxygen atoms in total. The van der Waals surface area contributed by atoms with Gasteiger partial charge in [-0.25, -0.2) is 0 Å². The Morgan fingerprint density at radius 2 is 1.96 bits per heavy atom. The van der Waals surface area contributed by atoms with E-state index in [1.54, 1.807) is 56.3 Å². The minimum absolute atomic E-state index is 0.236. The van der Waals surface area contributed by atoms with Crippen molar-refractivity contribution in [1.82, 2.24) is 0 Å². The molecule has 6 heteroatoms. The number of ether oxygens (including phenoxy) is 1. The van der Waals surface area contributed by atoms with Crippen molar-refractivity contribution >= 4 is 34.8 Å². The number of anilines is 2. The first-order valence-electron chi connectivity index (χ1n) is 7.07. The second-order valence-corrected chi connectivity index (χ2v) is 6.12. The van der Waals surface area contributed by atoms with E-state index in [2.05, 4.69) is 10.6 Å². The zero-order valence-corrected chi connectivity index (χ0v) is 13.4. The lowest BCUT2D eigenvalue weighted by molar-refractivity contribution is -0.129. The first-order valence-corrected chi connectivity index (χ1v) is 7.45. The zero-order valence-electron chi connectivity index (χ0n) is 12.6. The second-order valence-electron chi connectivity index (χ2n) is 5.71. The fourth-order valence-corrected chi connectivity index (χ4v) is 2.45. The highest BCUT2D eigenvalue weighted by Gasteiger charge is 2.35. The Balaban J connectivity index is 1.84. The number of carbonyl (C=O) groups excluding carboxylic acids is 2. The predicted octanol–water partition coefficient (Wildman–Crippen LogP) is 3.70. The molecule has 2 amide bonds. The van der Waals surface area contributed by atoms with Gasteiger partial charge in [-0.2, -0.15) is 0 Å². The van der Waals surface area contributed by atoms with Gasteiger partial charge in [-0.05, 0) is 44.2 Å². The number of benzene rings is 2. The van der Waals surface area contributed by atoms with Gasteiger partial charge in [-0.1, -0.05) is 23.7 Å². The lowest BCUT2D eigenvalue weighted by Crippen LogP contribution is -2.45. The Morgan fingerprint density at radius 3 is 2.70 bits per heavy atom. The van der Waals surface area contributed by atoms with E-state index in [-0.39, 0.29) is 11.8 Å². The van der Waals surface area contributed by atoms with Crippen LogP contribution >= 0.6 is 11.6 Å². The first kappa shape index (κ1) is 15.4. The Kier molecular flexibility index (Phi) is 3.74. The molecule has 2 aromatic carbocycles. The van der Waals surface area contributed by atoms with Crippen molar-refractivity contribution in [3.8, 4) is 5.75 Å². The molecular weight excluding hydrogens is 316 g/mol. The molecule has 0 aromatic heterocycles. The molecule has 0 unspecified atom stereocenters. The standard InChI is InChI=1S/C17H15ClN2O3/c1-17(2)16(22)20-13-9-10(7-8-14(13)23-17)19-15(21)11-5-3-4-6-12(11)18/h3-9H,1-2H3,(H,19,21)(H,20,22). The molecule has 1 aliphatic rings. The summed E-state index contributed by atoms with van der Waals surface area (Å²) < 4.78 is 5.65. The number of carbonyl (C=O) groups is 2. The molecule has 3 rings (SSSR count). The van der Waals surface area contributed by atoms with E-state index in [0.717, 1.165) is 0 Å². The van der Waals surface area contributed by atoms with Crippen molar-refractivity contribution in [3.05, 3.63) is 53.1 Å². The van der Waals surface area contributed by atoms with Crippen LogP contribution in [0.3, 0.4) is 0 Å². The van der Waals surface area contributed by atoms with Gasteiger partial charge in [-0.15, -0.1) is 0 Å². The van der Waals surface area contributed by atoms with Gasteiger partial charge in [0.2, 0.25) is 0 Å².